The van der Waals surface area contributed by atoms with E-state index in [0.29, 0.717) is 23.9 Å². The lowest BCUT2D eigenvalue weighted by Gasteiger charge is -2.18. The Bertz CT molecular complexity index is 3730. The maximum Gasteiger partial charge on any atom is 0.167 e. The predicted octanol–water partition coefficient (Wildman–Crippen LogP) is 13.6. The van der Waals surface area contributed by atoms with Gasteiger partial charge in [0.25, 0.3) is 0 Å². The third kappa shape index (κ3) is 4.90. The predicted molar refractivity (Wildman–Crippen MR) is 239 cm³/mol. The first kappa shape index (κ1) is 32.3. The molecule has 1 aliphatic carbocycles. The highest BCUT2D eigenvalue weighted by atomic mass is 16.3. The molecular weight excluding hydrogens is 725 g/mol. The van der Waals surface area contributed by atoms with E-state index >= 15 is 0 Å². The standard InChI is InChI=1S/C53H32N4O2/c1-2-14-33-28-46-41(26-32(33)13-1)37-17-5-8-21-45(37)57(46)35-29-43-39-19-7-10-23-48(39)59-50(43)44(30-35)53-55-51(34-24-25-49-42(27-34)38-18-6-9-22-47(38)58-49)54-52(56-53)40-20-11-15-31-12-3-4-16-36(31)40/h1-26,28-30,34H,27H2. The van der Waals surface area contributed by atoms with E-state index in [-0.39, 0.29) is 5.92 Å². The first-order valence-electron chi connectivity index (χ1n) is 20.0. The molecule has 8 aromatic carbocycles. The number of rotatable bonds is 4. The number of fused-ring (bicyclic) bond motifs is 11. The average molecular weight is 757 g/mol. The zero-order valence-corrected chi connectivity index (χ0v) is 31.6. The van der Waals surface area contributed by atoms with E-state index in [1.807, 2.05) is 24.3 Å². The van der Waals surface area contributed by atoms with Crippen LogP contribution in [0.2, 0.25) is 0 Å². The molecule has 59 heavy (non-hydrogen) atoms. The highest BCUT2D eigenvalue weighted by molar-refractivity contribution is 6.15. The highest BCUT2D eigenvalue weighted by Gasteiger charge is 2.27. The normalized spacial score (nSPS) is 14.1. The summed E-state index contributed by atoms with van der Waals surface area (Å²) in [5, 5.41) is 10.2. The summed E-state index contributed by atoms with van der Waals surface area (Å²) in [5.41, 5.74) is 8.62. The molecular formula is C53H32N4O2. The second kappa shape index (κ2) is 12.3. The Balaban J connectivity index is 1.10. The van der Waals surface area contributed by atoms with Crippen molar-refractivity contribution in [3.8, 4) is 28.5 Å². The summed E-state index contributed by atoms with van der Waals surface area (Å²) in [4.78, 5) is 16.1. The number of furan rings is 2. The number of nitrogens with zero attached hydrogens (tertiary/aromatic N) is 4. The molecule has 276 valence electrons. The summed E-state index contributed by atoms with van der Waals surface area (Å²) in [6.45, 7) is 0. The number of hydrogen-bond acceptors (Lipinski definition) is 5. The van der Waals surface area contributed by atoms with Gasteiger partial charge in [0, 0.05) is 49.7 Å². The van der Waals surface area contributed by atoms with Crippen LogP contribution in [0.4, 0.5) is 0 Å². The van der Waals surface area contributed by atoms with E-state index in [1.54, 1.807) is 0 Å². The maximum atomic E-state index is 6.79. The first-order valence-corrected chi connectivity index (χ1v) is 20.0. The molecule has 13 rings (SSSR count). The molecule has 1 unspecified atom stereocenters. The number of hydrogen-bond donors (Lipinski definition) is 0. The zero-order valence-electron chi connectivity index (χ0n) is 31.6. The molecule has 0 saturated carbocycles. The summed E-state index contributed by atoms with van der Waals surface area (Å²) < 4.78 is 15.4. The van der Waals surface area contributed by atoms with Crippen molar-refractivity contribution in [3.05, 3.63) is 187 Å². The minimum atomic E-state index is -0.112. The Kier molecular flexibility index (Phi) is 6.75. The van der Waals surface area contributed by atoms with Crippen LogP contribution in [0.5, 0.6) is 0 Å². The van der Waals surface area contributed by atoms with Gasteiger partial charge in [-0.15, -0.1) is 0 Å². The van der Waals surface area contributed by atoms with Crippen LogP contribution in [0.25, 0.3) is 111 Å². The van der Waals surface area contributed by atoms with Crippen LogP contribution in [-0.2, 0) is 6.42 Å². The Morgan fingerprint density at radius 1 is 0.475 bits per heavy atom. The lowest BCUT2D eigenvalue weighted by atomic mass is 9.91. The Morgan fingerprint density at radius 3 is 1.98 bits per heavy atom. The summed E-state index contributed by atoms with van der Waals surface area (Å²) in [6.07, 6.45) is 4.96. The fourth-order valence-electron chi connectivity index (χ4n) is 9.39. The molecule has 1 atom stereocenters. The monoisotopic (exact) mass is 756 g/mol. The van der Waals surface area contributed by atoms with Crippen molar-refractivity contribution in [2.45, 2.75) is 12.3 Å². The van der Waals surface area contributed by atoms with Crippen LogP contribution in [0.15, 0.2) is 179 Å². The van der Waals surface area contributed by atoms with E-state index in [1.165, 1.54) is 27.1 Å². The minimum absolute atomic E-state index is 0.112. The van der Waals surface area contributed by atoms with Crippen molar-refractivity contribution in [2.75, 3.05) is 0 Å². The third-order valence-corrected chi connectivity index (χ3v) is 12.2. The Hall–Kier alpha value is -7.83. The second-order valence-corrected chi connectivity index (χ2v) is 15.5. The Labute approximate surface area is 337 Å². The summed E-state index contributed by atoms with van der Waals surface area (Å²) in [5.74, 6) is 2.66. The molecule has 4 aromatic heterocycles. The molecule has 0 spiro atoms. The van der Waals surface area contributed by atoms with Gasteiger partial charge in [0.2, 0.25) is 0 Å². The smallest absolute Gasteiger partial charge is 0.167 e. The number of benzene rings is 8. The van der Waals surface area contributed by atoms with Crippen LogP contribution in [0, 0.1) is 0 Å². The molecule has 6 heteroatoms. The van der Waals surface area contributed by atoms with Crippen molar-refractivity contribution in [1.82, 2.24) is 19.5 Å². The largest absolute Gasteiger partial charge is 0.456 e. The summed E-state index contributed by atoms with van der Waals surface area (Å²) in [7, 11) is 0. The van der Waals surface area contributed by atoms with E-state index < -0.39 is 0 Å². The van der Waals surface area contributed by atoms with Crippen molar-refractivity contribution < 1.29 is 8.83 Å². The van der Waals surface area contributed by atoms with Gasteiger partial charge in [-0.05, 0) is 76.5 Å². The average Bonchev–Trinajstić information content (AvgIpc) is 3.96. The molecule has 0 N–H and O–H groups in total. The molecule has 0 fully saturated rings. The third-order valence-electron chi connectivity index (χ3n) is 12.2. The van der Waals surface area contributed by atoms with Gasteiger partial charge < -0.3 is 13.4 Å². The highest BCUT2D eigenvalue weighted by Crippen LogP contribution is 2.42. The SMILES string of the molecule is C1=CC(c2nc(-c3cccc4ccccc34)nc(-c3cc(-n4c5ccccc5c5cc6ccccc6cc54)cc4c3oc3ccccc34)n2)Cc2c1oc1ccccc21. The van der Waals surface area contributed by atoms with Gasteiger partial charge in [-0.3, -0.25) is 0 Å². The van der Waals surface area contributed by atoms with E-state index in [0.717, 1.165) is 77.3 Å². The van der Waals surface area contributed by atoms with Gasteiger partial charge in [0.1, 0.15) is 28.3 Å². The van der Waals surface area contributed by atoms with E-state index in [4.69, 9.17) is 23.8 Å². The number of allylic oxidation sites excluding steroid dienone is 1. The molecule has 0 bridgehead atoms. The second-order valence-electron chi connectivity index (χ2n) is 15.5. The zero-order chi connectivity index (χ0) is 38.6. The molecule has 6 nitrogen and oxygen atoms in total. The summed E-state index contributed by atoms with van der Waals surface area (Å²) >= 11 is 0. The minimum Gasteiger partial charge on any atom is -0.456 e. The van der Waals surface area contributed by atoms with Crippen molar-refractivity contribution in [3.63, 3.8) is 0 Å². The molecule has 0 amide bonds. The lowest BCUT2D eigenvalue weighted by Crippen LogP contribution is -2.11. The molecule has 1 aliphatic rings. The molecule has 0 radical (unpaired) electrons. The van der Waals surface area contributed by atoms with Crippen LogP contribution in [-0.4, -0.2) is 19.5 Å². The number of aromatic nitrogens is 4. The first-order chi connectivity index (χ1) is 29.2. The van der Waals surface area contributed by atoms with Crippen LogP contribution >= 0.6 is 0 Å². The molecule has 0 saturated heterocycles. The van der Waals surface area contributed by atoms with Crippen LogP contribution in [0.1, 0.15) is 23.1 Å². The van der Waals surface area contributed by atoms with Gasteiger partial charge in [-0.25, -0.2) is 15.0 Å². The van der Waals surface area contributed by atoms with Crippen LogP contribution < -0.4 is 0 Å². The summed E-state index contributed by atoms with van der Waals surface area (Å²) in [6, 6.07) is 57.6. The number of para-hydroxylation sites is 3. The molecule has 4 heterocycles. The molecule has 0 aliphatic heterocycles. The van der Waals surface area contributed by atoms with Crippen LogP contribution in [0.3, 0.4) is 0 Å². The topological polar surface area (TPSA) is 69.9 Å². The van der Waals surface area contributed by atoms with Gasteiger partial charge in [-0.2, -0.15) is 0 Å². The van der Waals surface area contributed by atoms with Gasteiger partial charge in [-0.1, -0.05) is 127 Å². The lowest BCUT2D eigenvalue weighted by molar-refractivity contribution is 0.589. The maximum absolute atomic E-state index is 6.79. The van der Waals surface area contributed by atoms with E-state index in [2.05, 4.69) is 156 Å². The molecule has 12 aromatic rings. The quantitative estimate of drug-likeness (QED) is 0.179. The van der Waals surface area contributed by atoms with Crippen molar-refractivity contribution in [1.29, 1.82) is 0 Å². The van der Waals surface area contributed by atoms with Crippen molar-refractivity contribution in [2.24, 2.45) is 0 Å². The van der Waals surface area contributed by atoms with Gasteiger partial charge in [0.15, 0.2) is 11.6 Å². The Morgan fingerprint density at radius 2 is 1.14 bits per heavy atom. The van der Waals surface area contributed by atoms with Gasteiger partial charge >= 0.3 is 0 Å². The van der Waals surface area contributed by atoms with Crippen molar-refractivity contribution >= 4 is 82.3 Å². The van der Waals surface area contributed by atoms with Gasteiger partial charge in [0.05, 0.1) is 16.6 Å². The fraction of sp³-hybridized carbons (Fsp3) is 0.0377. The fourth-order valence-corrected chi connectivity index (χ4v) is 9.39. The van der Waals surface area contributed by atoms with E-state index in [9.17, 15) is 0 Å².